The zero-order chi connectivity index (χ0) is 19.7. The molecule has 3 aromatic rings. The summed E-state index contributed by atoms with van der Waals surface area (Å²) in [6.45, 7) is 9.15. The van der Waals surface area contributed by atoms with Gasteiger partial charge >= 0.3 is 0 Å². The van der Waals surface area contributed by atoms with Crippen molar-refractivity contribution in [3.63, 3.8) is 0 Å². The number of benzene rings is 1. The molecular weight excluding hydrogens is 354 g/mol. The lowest BCUT2D eigenvalue weighted by Gasteiger charge is -2.29. The third-order valence-corrected chi connectivity index (χ3v) is 4.97. The number of nitrogens with zero attached hydrogens (tertiary/aromatic N) is 4. The first-order valence-corrected chi connectivity index (χ1v) is 9.62. The summed E-state index contributed by atoms with van der Waals surface area (Å²) in [6, 6.07) is 10.0. The molecule has 1 amide bonds. The molecule has 7 heteroatoms. The number of nitrogens with one attached hydrogen (secondary N) is 1. The molecule has 1 aromatic carbocycles. The summed E-state index contributed by atoms with van der Waals surface area (Å²) in [6.07, 6.45) is 1.76. The number of carbonyl (C=O) groups is 1. The number of aromatic nitrogens is 3. The van der Waals surface area contributed by atoms with Gasteiger partial charge in [0.05, 0.1) is 30.7 Å². The number of carbonyl (C=O) groups excluding carboxylic acids is 1. The highest BCUT2D eigenvalue weighted by atomic mass is 16.5. The standard InChI is InChI=1S/C21H25N5O2/c1-14(2)26-20-16(13-22-26)11-19(15(3)23-20)21(27)24-17-5-4-6-18(12-17)25-7-9-28-10-8-25/h4-6,11-14H,7-10H2,1-3H3,(H,24,27). The van der Waals surface area contributed by atoms with Crippen LogP contribution >= 0.6 is 0 Å². The maximum Gasteiger partial charge on any atom is 0.257 e. The molecule has 2 aromatic heterocycles. The molecule has 7 nitrogen and oxygen atoms in total. The van der Waals surface area contributed by atoms with Crippen molar-refractivity contribution in [3.8, 4) is 0 Å². The summed E-state index contributed by atoms with van der Waals surface area (Å²) in [4.78, 5) is 19.8. The summed E-state index contributed by atoms with van der Waals surface area (Å²) in [5, 5.41) is 8.27. The van der Waals surface area contributed by atoms with Crippen LogP contribution in [0.1, 0.15) is 35.9 Å². The third-order valence-electron chi connectivity index (χ3n) is 4.97. The molecule has 1 aliphatic rings. The van der Waals surface area contributed by atoms with Gasteiger partial charge in [0.15, 0.2) is 5.65 Å². The average molecular weight is 379 g/mol. The Morgan fingerprint density at radius 2 is 2.00 bits per heavy atom. The van der Waals surface area contributed by atoms with Gasteiger partial charge in [-0.05, 0) is 45.0 Å². The summed E-state index contributed by atoms with van der Waals surface area (Å²) in [7, 11) is 0. The molecule has 146 valence electrons. The normalized spacial score (nSPS) is 14.6. The largest absolute Gasteiger partial charge is 0.378 e. The van der Waals surface area contributed by atoms with E-state index in [9.17, 15) is 4.79 Å². The van der Waals surface area contributed by atoms with E-state index in [-0.39, 0.29) is 11.9 Å². The van der Waals surface area contributed by atoms with Gasteiger partial charge in [-0.2, -0.15) is 5.10 Å². The minimum absolute atomic E-state index is 0.164. The number of morpholine rings is 1. The van der Waals surface area contributed by atoms with E-state index in [1.54, 1.807) is 6.20 Å². The Balaban J connectivity index is 1.57. The molecule has 0 saturated carbocycles. The minimum atomic E-state index is -0.164. The van der Waals surface area contributed by atoms with Gasteiger partial charge in [0.1, 0.15) is 0 Å². The molecule has 28 heavy (non-hydrogen) atoms. The Morgan fingerprint density at radius 3 is 2.75 bits per heavy atom. The molecule has 0 bridgehead atoms. The summed E-state index contributed by atoms with van der Waals surface area (Å²) in [5.41, 5.74) is 3.92. The molecular formula is C21H25N5O2. The monoisotopic (exact) mass is 379 g/mol. The van der Waals surface area contributed by atoms with Crippen molar-refractivity contribution in [2.24, 2.45) is 0 Å². The highest BCUT2D eigenvalue weighted by Gasteiger charge is 2.16. The topological polar surface area (TPSA) is 72.3 Å². The molecule has 4 rings (SSSR count). The Labute approximate surface area is 164 Å². The SMILES string of the molecule is Cc1nc2c(cnn2C(C)C)cc1C(=O)Nc1cccc(N2CCOCC2)c1. The van der Waals surface area contributed by atoms with E-state index in [0.29, 0.717) is 11.3 Å². The lowest BCUT2D eigenvalue weighted by Crippen LogP contribution is -2.36. The highest BCUT2D eigenvalue weighted by molar-refractivity contribution is 6.06. The molecule has 1 saturated heterocycles. The molecule has 1 N–H and O–H groups in total. The van der Waals surface area contributed by atoms with Gasteiger partial charge in [0.25, 0.3) is 5.91 Å². The lowest BCUT2D eigenvalue weighted by molar-refractivity contribution is 0.102. The highest BCUT2D eigenvalue weighted by Crippen LogP contribution is 2.23. The molecule has 0 atom stereocenters. The van der Waals surface area contributed by atoms with Crippen LogP contribution in [-0.4, -0.2) is 47.0 Å². The van der Waals surface area contributed by atoms with Crippen molar-refractivity contribution in [3.05, 3.63) is 47.8 Å². The predicted molar refractivity (Wildman–Crippen MR) is 110 cm³/mol. The first-order chi connectivity index (χ1) is 13.5. The van der Waals surface area contributed by atoms with E-state index in [4.69, 9.17) is 4.74 Å². The van der Waals surface area contributed by atoms with Gasteiger partial charge in [-0.25, -0.2) is 9.67 Å². The summed E-state index contributed by atoms with van der Waals surface area (Å²) in [5.74, 6) is -0.164. The van der Waals surface area contributed by atoms with Crippen LogP contribution < -0.4 is 10.2 Å². The zero-order valence-corrected chi connectivity index (χ0v) is 16.5. The third kappa shape index (κ3) is 3.57. The average Bonchev–Trinajstić information content (AvgIpc) is 3.11. The molecule has 0 spiro atoms. The first-order valence-electron chi connectivity index (χ1n) is 9.62. The molecule has 1 aliphatic heterocycles. The van der Waals surface area contributed by atoms with Crippen molar-refractivity contribution in [2.75, 3.05) is 36.5 Å². The van der Waals surface area contributed by atoms with E-state index in [1.165, 1.54) is 0 Å². The number of anilines is 2. The van der Waals surface area contributed by atoms with Crippen molar-refractivity contribution in [2.45, 2.75) is 26.8 Å². The molecule has 0 radical (unpaired) electrons. The lowest BCUT2D eigenvalue weighted by atomic mass is 10.1. The Morgan fingerprint density at radius 1 is 1.21 bits per heavy atom. The van der Waals surface area contributed by atoms with Crippen LogP contribution in [0.2, 0.25) is 0 Å². The Kier molecular flexibility index (Phi) is 5.00. The maximum absolute atomic E-state index is 12.9. The number of pyridine rings is 1. The van der Waals surface area contributed by atoms with Crippen LogP contribution in [0.15, 0.2) is 36.5 Å². The van der Waals surface area contributed by atoms with Crippen LogP contribution in [0, 0.1) is 6.92 Å². The number of fused-ring (bicyclic) bond motifs is 1. The molecule has 0 unspecified atom stereocenters. The van der Waals surface area contributed by atoms with Crippen LogP contribution in [0.25, 0.3) is 11.0 Å². The van der Waals surface area contributed by atoms with Crippen LogP contribution in [0.5, 0.6) is 0 Å². The van der Waals surface area contributed by atoms with Gasteiger partial charge < -0.3 is 15.0 Å². The van der Waals surface area contributed by atoms with E-state index in [2.05, 4.69) is 40.2 Å². The van der Waals surface area contributed by atoms with Crippen molar-refractivity contribution >= 4 is 28.3 Å². The fraction of sp³-hybridized carbons (Fsp3) is 0.381. The summed E-state index contributed by atoms with van der Waals surface area (Å²) >= 11 is 0. The van der Waals surface area contributed by atoms with Gasteiger partial charge in [0, 0.05) is 35.9 Å². The Hall–Kier alpha value is -2.93. The van der Waals surface area contributed by atoms with E-state index >= 15 is 0 Å². The zero-order valence-electron chi connectivity index (χ0n) is 16.5. The molecule has 3 heterocycles. The van der Waals surface area contributed by atoms with Gasteiger partial charge in [0.2, 0.25) is 0 Å². The number of hydrogen-bond donors (Lipinski definition) is 1. The van der Waals surface area contributed by atoms with Crippen molar-refractivity contribution in [1.29, 1.82) is 0 Å². The van der Waals surface area contributed by atoms with E-state index < -0.39 is 0 Å². The number of ether oxygens (including phenoxy) is 1. The van der Waals surface area contributed by atoms with E-state index in [0.717, 1.165) is 48.7 Å². The van der Waals surface area contributed by atoms with Gasteiger partial charge in [-0.3, -0.25) is 4.79 Å². The smallest absolute Gasteiger partial charge is 0.257 e. The quantitative estimate of drug-likeness (QED) is 0.752. The number of rotatable bonds is 4. The van der Waals surface area contributed by atoms with E-state index in [1.807, 2.05) is 35.9 Å². The molecule has 1 fully saturated rings. The maximum atomic E-state index is 12.9. The van der Waals surface area contributed by atoms with Crippen molar-refractivity contribution < 1.29 is 9.53 Å². The summed E-state index contributed by atoms with van der Waals surface area (Å²) < 4.78 is 7.28. The fourth-order valence-corrected chi connectivity index (χ4v) is 3.47. The second kappa shape index (κ2) is 7.59. The number of amides is 1. The fourth-order valence-electron chi connectivity index (χ4n) is 3.47. The van der Waals surface area contributed by atoms with Crippen LogP contribution in [0.3, 0.4) is 0 Å². The second-order valence-electron chi connectivity index (χ2n) is 7.32. The van der Waals surface area contributed by atoms with Crippen molar-refractivity contribution in [1.82, 2.24) is 14.8 Å². The predicted octanol–water partition coefficient (Wildman–Crippen LogP) is 3.41. The molecule has 0 aliphatic carbocycles. The number of aryl methyl sites for hydroxylation is 1. The van der Waals surface area contributed by atoms with Gasteiger partial charge in [-0.15, -0.1) is 0 Å². The van der Waals surface area contributed by atoms with Gasteiger partial charge in [-0.1, -0.05) is 6.07 Å². The second-order valence-corrected chi connectivity index (χ2v) is 7.32. The minimum Gasteiger partial charge on any atom is -0.378 e. The number of hydrogen-bond acceptors (Lipinski definition) is 5. The van der Waals surface area contributed by atoms with Crippen LogP contribution in [-0.2, 0) is 4.74 Å². The Bertz CT molecular complexity index is 1010. The van der Waals surface area contributed by atoms with Crippen LogP contribution in [0.4, 0.5) is 11.4 Å². The first kappa shape index (κ1) is 18.4.